The molecule has 0 unspecified atom stereocenters. The molecule has 34 heavy (non-hydrogen) atoms. The quantitative estimate of drug-likeness (QED) is 0.404. The number of aryl methyl sites for hydroxylation is 1. The highest BCUT2D eigenvalue weighted by Crippen LogP contribution is 2.38. The van der Waals surface area contributed by atoms with Gasteiger partial charge >= 0.3 is 0 Å². The molecule has 0 aliphatic rings. The number of nitrogens with zero attached hydrogens (tertiary/aromatic N) is 3. The summed E-state index contributed by atoms with van der Waals surface area (Å²) in [7, 11) is 6.92. The Hall–Kier alpha value is -4.17. The molecule has 5 aromatic rings. The topological polar surface area (TPSA) is 94.1 Å². The molecule has 0 spiro atoms. The van der Waals surface area contributed by atoms with Gasteiger partial charge in [0.25, 0.3) is 5.56 Å². The van der Waals surface area contributed by atoms with Crippen molar-refractivity contribution in [3.63, 3.8) is 0 Å². The first-order chi connectivity index (χ1) is 16.5. The largest absolute Gasteiger partial charge is 0.496 e. The van der Waals surface area contributed by atoms with Crippen molar-refractivity contribution in [3.05, 3.63) is 70.9 Å². The lowest BCUT2D eigenvalue weighted by Crippen LogP contribution is -2.16. The summed E-state index contributed by atoms with van der Waals surface area (Å²) < 4.78 is 13.0. The number of pyridine rings is 2. The fourth-order valence-corrected chi connectivity index (χ4v) is 4.33. The standard InChI is InChI=1S/C26H25N5O3/c1-27-12-19-23(33-3)10-16(11-24(19)34-4)20-14-31(2)26(32)17-6-5-15(9-18(17)20)25-29-21-7-8-28-13-22(21)30-25/h5-11,13-14,27H,12H2,1-4H3,(H,29,30). The van der Waals surface area contributed by atoms with Gasteiger partial charge in [-0.05, 0) is 48.3 Å². The van der Waals surface area contributed by atoms with Crippen molar-refractivity contribution >= 4 is 21.8 Å². The third kappa shape index (κ3) is 3.58. The van der Waals surface area contributed by atoms with E-state index in [4.69, 9.17) is 14.5 Å². The molecule has 0 saturated carbocycles. The van der Waals surface area contributed by atoms with E-state index in [0.29, 0.717) is 23.4 Å². The first kappa shape index (κ1) is 21.7. The molecule has 5 rings (SSSR count). The number of aromatic amines is 1. The molecule has 8 heteroatoms. The van der Waals surface area contributed by atoms with Crippen LogP contribution in [0.15, 0.2) is 59.8 Å². The third-order valence-corrected chi connectivity index (χ3v) is 6.01. The molecule has 0 radical (unpaired) electrons. The second-order valence-electron chi connectivity index (χ2n) is 8.09. The van der Waals surface area contributed by atoms with Crippen LogP contribution in [0.4, 0.5) is 0 Å². The normalized spacial score (nSPS) is 11.3. The molecule has 0 fully saturated rings. The molecule has 2 aromatic carbocycles. The molecule has 0 amide bonds. The Morgan fingerprint density at radius 1 is 1.03 bits per heavy atom. The third-order valence-electron chi connectivity index (χ3n) is 6.01. The zero-order valence-corrected chi connectivity index (χ0v) is 19.5. The van der Waals surface area contributed by atoms with Crippen molar-refractivity contribution in [2.24, 2.45) is 7.05 Å². The van der Waals surface area contributed by atoms with E-state index in [2.05, 4.69) is 15.3 Å². The zero-order valence-electron chi connectivity index (χ0n) is 19.5. The molecule has 172 valence electrons. The van der Waals surface area contributed by atoms with Gasteiger partial charge in [-0.1, -0.05) is 6.07 Å². The SMILES string of the molecule is CNCc1c(OC)cc(-c2cn(C)c(=O)c3ccc(-c4nc5ccncc5[nH]4)cc23)cc1OC. The number of hydrogen-bond acceptors (Lipinski definition) is 6. The Morgan fingerprint density at radius 2 is 1.79 bits per heavy atom. The summed E-state index contributed by atoms with van der Waals surface area (Å²) >= 11 is 0. The number of rotatable bonds is 6. The van der Waals surface area contributed by atoms with Crippen molar-refractivity contribution in [3.8, 4) is 34.0 Å². The lowest BCUT2D eigenvalue weighted by atomic mass is 9.96. The average Bonchev–Trinajstić information content (AvgIpc) is 3.30. The molecule has 0 atom stereocenters. The molecule has 0 saturated heterocycles. The van der Waals surface area contributed by atoms with E-state index < -0.39 is 0 Å². The van der Waals surface area contributed by atoms with Crippen LogP contribution in [0.1, 0.15) is 5.56 Å². The molecular formula is C26H25N5O3. The predicted octanol–water partition coefficient (Wildman–Crippen LogP) is 3.88. The van der Waals surface area contributed by atoms with Crippen LogP contribution < -0.4 is 20.3 Å². The Kier molecular flexibility index (Phi) is 5.51. The minimum absolute atomic E-state index is 0.0650. The summed E-state index contributed by atoms with van der Waals surface area (Å²) in [6, 6.07) is 11.6. The summed E-state index contributed by atoms with van der Waals surface area (Å²) in [5.41, 5.74) is 5.22. The van der Waals surface area contributed by atoms with Crippen molar-refractivity contribution < 1.29 is 9.47 Å². The highest BCUT2D eigenvalue weighted by Gasteiger charge is 2.17. The molecule has 0 aliphatic carbocycles. The number of aromatic nitrogens is 4. The summed E-state index contributed by atoms with van der Waals surface area (Å²) in [5, 5.41) is 4.60. The summed E-state index contributed by atoms with van der Waals surface area (Å²) in [5.74, 6) is 2.15. The monoisotopic (exact) mass is 455 g/mol. The van der Waals surface area contributed by atoms with Crippen LogP contribution in [0.2, 0.25) is 0 Å². The maximum Gasteiger partial charge on any atom is 0.258 e. The van der Waals surface area contributed by atoms with E-state index in [0.717, 1.165) is 44.5 Å². The number of methoxy groups -OCH3 is 2. The number of imidazole rings is 1. The van der Waals surface area contributed by atoms with Crippen LogP contribution in [0, 0.1) is 0 Å². The van der Waals surface area contributed by atoms with Gasteiger partial charge < -0.3 is 24.3 Å². The fourth-order valence-electron chi connectivity index (χ4n) is 4.33. The fraction of sp³-hybridized carbons (Fsp3) is 0.192. The molecule has 0 aliphatic heterocycles. The van der Waals surface area contributed by atoms with Gasteiger partial charge in [-0.25, -0.2) is 4.98 Å². The van der Waals surface area contributed by atoms with Crippen LogP contribution in [-0.2, 0) is 13.6 Å². The Morgan fingerprint density at radius 3 is 2.47 bits per heavy atom. The van der Waals surface area contributed by atoms with Gasteiger partial charge in [0.05, 0.1) is 31.4 Å². The molecule has 3 heterocycles. The number of hydrogen-bond donors (Lipinski definition) is 2. The van der Waals surface area contributed by atoms with E-state index in [-0.39, 0.29) is 5.56 Å². The van der Waals surface area contributed by atoms with E-state index in [9.17, 15) is 4.79 Å². The van der Waals surface area contributed by atoms with Gasteiger partial charge in [0.15, 0.2) is 0 Å². The van der Waals surface area contributed by atoms with Crippen molar-refractivity contribution in [2.45, 2.75) is 6.54 Å². The van der Waals surface area contributed by atoms with Crippen LogP contribution in [0.25, 0.3) is 44.3 Å². The number of benzene rings is 2. The predicted molar refractivity (Wildman–Crippen MR) is 133 cm³/mol. The van der Waals surface area contributed by atoms with Gasteiger partial charge in [0.1, 0.15) is 17.3 Å². The van der Waals surface area contributed by atoms with Crippen LogP contribution in [0.3, 0.4) is 0 Å². The molecule has 8 nitrogen and oxygen atoms in total. The Balaban J connectivity index is 1.76. The Bertz CT molecular complexity index is 1530. The molecular weight excluding hydrogens is 430 g/mol. The van der Waals surface area contributed by atoms with E-state index in [1.807, 2.05) is 49.6 Å². The summed E-state index contributed by atoms with van der Waals surface area (Å²) in [6.45, 7) is 0.603. The number of H-pyrrole nitrogens is 1. The molecule has 0 bridgehead atoms. The molecule has 3 aromatic heterocycles. The van der Waals surface area contributed by atoms with Crippen molar-refractivity contribution in [2.75, 3.05) is 21.3 Å². The first-order valence-corrected chi connectivity index (χ1v) is 10.9. The van der Waals surface area contributed by atoms with Gasteiger partial charge in [0, 0.05) is 48.1 Å². The first-order valence-electron chi connectivity index (χ1n) is 10.9. The van der Waals surface area contributed by atoms with Gasteiger partial charge in [-0.2, -0.15) is 0 Å². The van der Waals surface area contributed by atoms with E-state index in [1.54, 1.807) is 38.2 Å². The molecule has 2 N–H and O–H groups in total. The van der Waals surface area contributed by atoms with Crippen LogP contribution >= 0.6 is 0 Å². The summed E-state index contributed by atoms with van der Waals surface area (Å²) in [4.78, 5) is 25.1. The number of fused-ring (bicyclic) bond motifs is 2. The van der Waals surface area contributed by atoms with E-state index >= 15 is 0 Å². The maximum atomic E-state index is 13.0. The zero-order chi connectivity index (χ0) is 23.8. The van der Waals surface area contributed by atoms with E-state index in [1.165, 1.54) is 0 Å². The average molecular weight is 456 g/mol. The highest BCUT2D eigenvalue weighted by molar-refractivity contribution is 5.98. The lowest BCUT2D eigenvalue weighted by molar-refractivity contribution is 0.384. The summed E-state index contributed by atoms with van der Waals surface area (Å²) in [6.07, 6.45) is 5.32. The highest BCUT2D eigenvalue weighted by atomic mass is 16.5. The second-order valence-corrected chi connectivity index (χ2v) is 8.09. The van der Waals surface area contributed by atoms with Crippen molar-refractivity contribution in [1.82, 2.24) is 24.8 Å². The minimum Gasteiger partial charge on any atom is -0.496 e. The second kappa shape index (κ2) is 8.64. The van der Waals surface area contributed by atoms with Crippen molar-refractivity contribution in [1.29, 1.82) is 0 Å². The van der Waals surface area contributed by atoms with Crippen LogP contribution in [0.5, 0.6) is 11.5 Å². The van der Waals surface area contributed by atoms with Gasteiger partial charge in [0.2, 0.25) is 0 Å². The van der Waals surface area contributed by atoms with Gasteiger partial charge in [-0.15, -0.1) is 0 Å². The van der Waals surface area contributed by atoms with Gasteiger partial charge in [-0.3, -0.25) is 9.78 Å². The minimum atomic E-state index is -0.0650. The lowest BCUT2D eigenvalue weighted by Gasteiger charge is -2.17. The number of nitrogens with one attached hydrogen (secondary N) is 2. The maximum absolute atomic E-state index is 13.0. The smallest absolute Gasteiger partial charge is 0.258 e. The Labute approximate surface area is 196 Å². The van der Waals surface area contributed by atoms with Crippen LogP contribution in [-0.4, -0.2) is 40.8 Å². The number of ether oxygens (including phenoxy) is 2.